The van der Waals surface area contributed by atoms with E-state index in [0.717, 1.165) is 55.4 Å². The minimum Gasteiger partial charge on any atom is -0.376 e. The average Bonchev–Trinajstić information content (AvgIpc) is 2.97. The molecule has 1 saturated carbocycles. The van der Waals surface area contributed by atoms with Crippen molar-refractivity contribution in [2.75, 3.05) is 0 Å². The van der Waals surface area contributed by atoms with E-state index in [1.165, 1.54) is 11.3 Å². The number of hydrogen-bond donors (Lipinski definition) is 0. The lowest BCUT2D eigenvalue weighted by Gasteiger charge is -2.29. The van der Waals surface area contributed by atoms with Crippen LogP contribution in [0.5, 0.6) is 0 Å². The van der Waals surface area contributed by atoms with Crippen molar-refractivity contribution in [3.05, 3.63) is 40.4 Å². The van der Waals surface area contributed by atoms with E-state index >= 15 is 0 Å². The van der Waals surface area contributed by atoms with Crippen molar-refractivity contribution in [1.82, 2.24) is 19.7 Å². The van der Waals surface area contributed by atoms with Gasteiger partial charge in [0.25, 0.3) is 0 Å². The standard InChI is InChI=1S/C22H31ClN4O/c1-14(2)26-12-17-11-18(23)7-10-20(17)27-21(13-26)24-25-22(27)16-5-8-19(9-6-16)28-15(3)4/h7,10-11,14-16,19H,5-6,8-9,12-13H2,1-4H3/t16-,19-. The lowest BCUT2D eigenvalue weighted by molar-refractivity contribution is -0.0151. The Hall–Kier alpha value is -1.43. The van der Waals surface area contributed by atoms with Crippen LogP contribution < -0.4 is 0 Å². The average molecular weight is 403 g/mol. The zero-order valence-corrected chi connectivity index (χ0v) is 18.1. The van der Waals surface area contributed by atoms with E-state index in [2.05, 4.69) is 59.5 Å². The Labute approximate surface area is 173 Å². The number of benzene rings is 1. The molecule has 0 unspecified atom stereocenters. The summed E-state index contributed by atoms with van der Waals surface area (Å²) in [5.74, 6) is 2.57. The Kier molecular flexibility index (Phi) is 5.77. The highest BCUT2D eigenvalue weighted by Crippen LogP contribution is 2.37. The van der Waals surface area contributed by atoms with Crippen LogP contribution in [-0.2, 0) is 17.8 Å². The predicted molar refractivity (Wildman–Crippen MR) is 112 cm³/mol. The Morgan fingerprint density at radius 1 is 1.04 bits per heavy atom. The Balaban J connectivity index is 1.66. The van der Waals surface area contributed by atoms with Crippen LogP contribution in [0.4, 0.5) is 0 Å². The smallest absolute Gasteiger partial charge is 0.151 e. The first kappa shape index (κ1) is 19.9. The highest BCUT2D eigenvalue weighted by atomic mass is 35.5. The third kappa shape index (κ3) is 3.98. The fourth-order valence-electron chi connectivity index (χ4n) is 4.52. The number of nitrogens with zero attached hydrogens (tertiary/aromatic N) is 4. The number of halogens is 1. The molecular weight excluding hydrogens is 372 g/mol. The molecule has 6 heteroatoms. The molecule has 1 aliphatic heterocycles. The van der Waals surface area contributed by atoms with Crippen molar-refractivity contribution in [2.24, 2.45) is 0 Å². The van der Waals surface area contributed by atoms with E-state index < -0.39 is 0 Å². The quantitative estimate of drug-likeness (QED) is 0.713. The van der Waals surface area contributed by atoms with Crippen LogP contribution in [0.25, 0.3) is 5.69 Å². The SMILES string of the molecule is CC(C)O[C@H]1CC[C@H](c2nnc3n2-c2ccc(Cl)cc2CN(C(C)C)C3)CC1. The Morgan fingerprint density at radius 2 is 1.79 bits per heavy atom. The molecule has 1 aromatic carbocycles. The van der Waals surface area contributed by atoms with Gasteiger partial charge in [0.2, 0.25) is 0 Å². The summed E-state index contributed by atoms with van der Waals surface area (Å²) < 4.78 is 8.34. The molecule has 1 aromatic heterocycles. The molecule has 0 radical (unpaired) electrons. The third-order valence-electron chi connectivity index (χ3n) is 5.99. The number of rotatable bonds is 4. The lowest BCUT2D eigenvalue weighted by atomic mass is 9.86. The van der Waals surface area contributed by atoms with E-state index in [4.69, 9.17) is 16.3 Å². The molecule has 152 valence electrons. The minimum absolute atomic E-state index is 0.296. The van der Waals surface area contributed by atoms with Gasteiger partial charge >= 0.3 is 0 Å². The molecule has 4 rings (SSSR count). The van der Waals surface area contributed by atoms with Crippen LogP contribution in [0.3, 0.4) is 0 Å². The molecule has 0 spiro atoms. The van der Waals surface area contributed by atoms with Crippen LogP contribution in [-0.4, -0.2) is 37.9 Å². The van der Waals surface area contributed by atoms with Gasteiger partial charge in [0.1, 0.15) is 5.82 Å². The fourth-order valence-corrected chi connectivity index (χ4v) is 4.72. The van der Waals surface area contributed by atoms with Gasteiger partial charge in [0.05, 0.1) is 24.4 Å². The summed E-state index contributed by atoms with van der Waals surface area (Å²) in [6.07, 6.45) is 5.07. The van der Waals surface area contributed by atoms with Crippen molar-refractivity contribution in [3.8, 4) is 5.69 Å². The molecule has 2 aromatic rings. The monoisotopic (exact) mass is 402 g/mol. The van der Waals surface area contributed by atoms with Crippen LogP contribution in [0.15, 0.2) is 18.2 Å². The van der Waals surface area contributed by atoms with Crippen molar-refractivity contribution in [1.29, 1.82) is 0 Å². The summed E-state index contributed by atoms with van der Waals surface area (Å²) in [5.41, 5.74) is 2.43. The first-order chi connectivity index (χ1) is 13.4. The van der Waals surface area contributed by atoms with E-state index in [0.29, 0.717) is 24.2 Å². The largest absolute Gasteiger partial charge is 0.376 e. The molecule has 28 heavy (non-hydrogen) atoms. The van der Waals surface area contributed by atoms with Crippen molar-refractivity contribution in [3.63, 3.8) is 0 Å². The van der Waals surface area contributed by atoms with Crippen LogP contribution >= 0.6 is 11.6 Å². The topological polar surface area (TPSA) is 43.2 Å². The maximum atomic E-state index is 6.33. The lowest BCUT2D eigenvalue weighted by Crippen LogP contribution is -2.29. The summed E-state index contributed by atoms with van der Waals surface area (Å²) in [6.45, 7) is 10.4. The molecule has 0 bridgehead atoms. The fraction of sp³-hybridized carbons (Fsp3) is 0.636. The Morgan fingerprint density at radius 3 is 2.46 bits per heavy atom. The second-order valence-electron chi connectivity index (χ2n) is 8.74. The van der Waals surface area contributed by atoms with Gasteiger partial charge in [-0.25, -0.2) is 0 Å². The summed E-state index contributed by atoms with van der Waals surface area (Å²) in [7, 11) is 0. The van der Waals surface area contributed by atoms with Gasteiger partial charge in [-0.3, -0.25) is 9.47 Å². The van der Waals surface area contributed by atoms with Crippen LogP contribution in [0.1, 0.15) is 76.5 Å². The molecule has 0 saturated heterocycles. The molecule has 0 N–H and O–H groups in total. The van der Waals surface area contributed by atoms with Crippen molar-refractivity contribution in [2.45, 2.75) is 90.6 Å². The molecule has 1 aliphatic carbocycles. The highest BCUT2D eigenvalue weighted by molar-refractivity contribution is 6.30. The minimum atomic E-state index is 0.296. The summed E-state index contributed by atoms with van der Waals surface area (Å²) in [6, 6.07) is 6.64. The van der Waals surface area contributed by atoms with E-state index in [1.807, 2.05) is 6.07 Å². The third-order valence-corrected chi connectivity index (χ3v) is 6.22. The van der Waals surface area contributed by atoms with E-state index in [-0.39, 0.29) is 0 Å². The van der Waals surface area contributed by atoms with E-state index in [9.17, 15) is 0 Å². The zero-order valence-electron chi connectivity index (χ0n) is 17.4. The molecule has 1 fully saturated rings. The van der Waals surface area contributed by atoms with Gasteiger partial charge in [0, 0.05) is 23.5 Å². The number of fused-ring (bicyclic) bond motifs is 3. The second kappa shape index (κ2) is 8.13. The summed E-state index contributed by atoms with van der Waals surface area (Å²) in [4.78, 5) is 2.43. The zero-order chi connectivity index (χ0) is 19.8. The number of aromatic nitrogens is 3. The molecule has 2 aliphatic rings. The summed E-state index contributed by atoms with van der Waals surface area (Å²) >= 11 is 6.33. The Bertz CT molecular complexity index is 824. The molecule has 2 heterocycles. The highest BCUT2D eigenvalue weighted by Gasteiger charge is 2.31. The molecular formula is C22H31ClN4O. The van der Waals surface area contributed by atoms with Gasteiger partial charge in [0.15, 0.2) is 5.82 Å². The van der Waals surface area contributed by atoms with Gasteiger partial charge in [-0.15, -0.1) is 10.2 Å². The molecule has 0 atom stereocenters. The van der Waals surface area contributed by atoms with Gasteiger partial charge < -0.3 is 4.74 Å². The molecule has 5 nitrogen and oxygen atoms in total. The first-order valence-corrected chi connectivity index (χ1v) is 10.9. The predicted octanol–water partition coefficient (Wildman–Crippen LogP) is 5.10. The van der Waals surface area contributed by atoms with Gasteiger partial charge in [-0.1, -0.05) is 11.6 Å². The maximum Gasteiger partial charge on any atom is 0.151 e. The van der Waals surface area contributed by atoms with Gasteiger partial charge in [-0.2, -0.15) is 0 Å². The normalized spacial score (nSPS) is 23.0. The molecule has 0 amide bonds. The first-order valence-electron chi connectivity index (χ1n) is 10.5. The maximum absolute atomic E-state index is 6.33. The number of ether oxygens (including phenoxy) is 1. The van der Waals surface area contributed by atoms with Crippen molar-refractivity contribution >= 4 is 11.6 Å². The summed E-state index contributed by atoms with van der Waals surface area (Å²) in [5, 5.41) is 10.1. The second-order valence-corrected chi connectivity index (χ2v) is 9.18. The van der Waals surface area contributed by atoms with Crippen LogP contribution in [0, 0.1) is 0 Å². The van der Waals surface area contributed by atoms with Crippen molar-refractivity contribution < 1.29 is 4.74 Å². The van der Waals surface area contributed by atoms with Crippen LogP contribution in [0.2, 0.25) is 5.02 Å². The number of hydrogen-bond acceptors (Lipinski definition) is 4. The van der Waals surface area contributed by atoms with E-state index in [1.54, 1.807) is 0 Å². The van der Waals surface area contributed by atoms with Gasteiger partial charge in [-0.05, 0) is 77.1 Å².